The second kappa shape index (κ2) is 6.70. The number of phenols is 1. The van der Waals surface area contributed by atoms with Gasteiger partial charge in [0, 0.05) is 11.6 Å². The molecule has 104 valence electrons. The molecule has 0 saturated carbocycles. The highest BCUT2D eigenvalue weighted by Gasteiger charge is 2.31. The average molecular weight is 286 g/mol. The second-order valence-electron chi connectivity index (χ2n) is 3.66. The molecule has 3 N–H and O–H groups in total. The predicted molar refractivity (Wildman–Crippen MR) is 63.9 cm³/mol. The topological polar surface area (TPSA) is 55.5 Å². The van der Waals surface area contributed by atoms with Gasteiger partial charge in [-0.15, -0.1) is 25.6 Å². The van der Waals surface area contributed by atoms with Crippen molar-refractivity contribution in [1.29, 1.82) is 0 Å². The molecule has 7 heteroatoms. The van der Waals surface area contributed by atoms with E-state index in [1.807, 2.05) is 6.92 Å². The monoisotopic (exact) mass is 285 g/mol. The van der Waals surface area contributed by atoms with Crippen LogP contribution in [0.5, 0.6) is 11.5 Å². The molecule has 0 aromatic heterocycles. The van der Waals surface area contributed by atoms with E-state index < -0.39 is 12.4 Å². The highest BCUT2D eigenvalue weighted by Crippen LogP contribution is 2.31. The van der Waals surface area contributed by atoms with Gasteiger partial charge >= 0.3 is 6.36 Å². The number of aromatic hydroxyl groups is 1. The Labute approximate surface area is 109 Å². The third-order valence-corrected chi connectivity index (χ3v) is 2.23. The molecule has 1 aromatic rings. The summed E-state index contributed by atoms with van der Waals surface area (Å²) in [4.78, 5) is 0. The van der Waals surface area contributed by atoms with E-state index in [1.165, 1.54) is 0 Å². The lowest BCUT2D eigenvalue weighted by Crippen LogP contribution is -2.17. The molecule has 0 aliphatic heterocycles. The fourth-order valence-corrected chi connectivity index (χ4v) is 1.49. The van der Waals surface area contributed by atoms with E-state index >= 15 is 0 Å². The van der Waals surface area contributed by atoms with Gasteiger partial charge in [0.15, 0.2) is 0 Å². The summed E-state index contributed by atoms with van der Waals surface area (Å²) in [5.41, 5.74) is 6.00. The smallest absolute Gasteiger partial charge is 0.508 e. The number of ether oxygens (including phenoxy) is 1. The summed E-state index contributed by atoms with van der Waals surface area (Å²) < 4.78 is 39.8. The highest BCUT2D eigenvalue weighted by molar-refractivity contribution is 5.85. The van der Waals surface area contributed by atoms with E-state index in [0.717, 1.165) is 24.6 Å². The Morgan fingerprint density at radius 1 is 1.39 bits per heavy atom. The quantitative estimate of drug-likeness (QED) is 0.890. The summed E-state index contributed by atoms with van der Waals surface area (Å²) in [6, 6.07) is 2.80. The summed E-state index contributed by atoms with van der Waals surface area (Å²) in [6.07, 6.45) is -3.41. The van der Waals surface area contributed by atoms with Gasteiger partial charge in [0.2, 0.25) is 0 Å². The Morgan fingerprint density at radius 3 is 2.50 bits per heavy atom. The standard InChI is InChI=1S/C11H14F3NO2.ClH/c1-2-3-9(15)8-6-7(4-5-10(8)16)17-11(12,13)14;/h4-6,9,16H,2-3,15H2,1H3;1H/t9-;/m1./s1. The molecule has 0 amide bonds. The third-order valence-electron chi connectivity index (χ3n) is 2.23. The lowest BCUT2D eigenvalue weighted by molar-refractivity contribution is -0.274. The predicted octanol–water partition coefficient (Wildman–Crippen LogP) is 3.51. The number of alkyl halides is 3. The Hall–Kier alpha value is -1.14. The first-order valence-electron chi connectivity index (χ1n) is 5.17. The largest absolute Gasteiger partial charge is 0.573 e. The van der Waals surface area contributed by atoms with Crippen LogP contribution in [0.25, 0.3) is 0 Å². The summed E-state index contributed by atoms with van der Waals surface area (Å²) in [5, 5.41) is 9.51. The summed E-state index contributed by atoms with van der Waals surface area (Å²) in [7, 11) is 0. The lowest BCUT2D eigenvalue weighted by Gasteiger charge is -2.15. The van der Waals surface area contributed by atoms with E-state index in [9.17, 15) is 18.3 Å². The average Bonchev–Trinajstić information content (AvgIpc) is 2.19. The van der Waals surface area contributed by atoms with Crippen molar-refractivity contribution in [3.05, 3.63) is 23.8 Å². The molecular formula is C11H15ClF3NO2. The van der Waals surface area contributed by atoms with Crippen LogP contribution in [0.15, 0.2) is 18.2 Å². The van der Waals surface area contributed by atoms with Crippen molar-refractivity contribution in [2.24, 2.45) is 5.73 Å². The molecule has 18 heavy (non-hydrogen) atoms. The molecule has 0 spiro atoms. The van der Waals surface area contributed by atoms with E-state index in [-0.39, 0.29) is 29.5 Å². The second-order valence-corrected chi connectivity index (χ2v) is 3.66. The summed E-state index contributed by atoms with van der Waals surface area (Å²) >= 11 is 0. The SMILES string of the molecule is CCC[C@@H](N)c1cc(OC(F)(F)F)ccc1O.Cl. The maximum absolute atomic E-state index is 12.0. The molecule has 0 aliphatic rings. The zero-order valence-electron chi connectivity index (χ0n) is 9.70. The summed E-state index contributed by atoms with van der Waals surface area (Å²) in [5.74, 6) is -0.502. The van der Waals surface area contributed by atoms with Crippen molar-refractivity contribution < 1.29 is 23.0 Å². The molecule has 0 aliphatic carbocycles. The van der Waals surface area contributed by atoms with Crippen LogP contribution in [-0.2, 0) is 0 Å². The Bertz CT molecular complexity index is 385. The lowest BCUT2D eigenvalue weighted by atomic mass is 10.0. The molecule has 0 heterocycles. The molecule has 0 saturated heterocycles. The fourth-order valence-electron chi connectivity index (χ4n) is 1.49. The van der Waals surface area contributed by atoms with Crippen molar-refractivity contribution in [3.63, 3.8) is 0 Å². The van der Waals surface area contributed by atoms with Gasteiger partial charge in [-0.2, -0.15) is 0 Å². The van der Waals surface area contributed by atoms with E-state index in [2.05, 4.69) is 4.74 Å². The molecule has 1 aromatic carbocycles. The van der Waals surface area contributed by atoms with Gasteiger partial charge in [0.25, 0.3) is 0 Å². The van der Waals surface area contributed by atoms with Crippen molar-refractivity contribution in [2.45, 2.75) is 32.2 Å². The van der Waals surface area contributed by atoms with Crippen LogP contribution in [0.4, 0.5) is 13.2 Å². The zero-order valence-corrected chi connectivity index (χ0v) is 10.5. The first-order chi connectivity index (χ1) is 7.83. The minimum atomic E-state index is -4.75. The minimum absolute atomic E-state index is 0. The van der Waals surface area contributed by atoms with E-state index in [4.69, 9.17) is 5.73 Å². The molecule has 0 fully saturated rings. The number of halogens is 4. The first-order valence-corrected chi connectivity index (χ1v) is 5.17. The Kier molecular flexibility index (Phi) is 6.28. The molecule has 1 atom stereocenters. The molecule has 3 nitrogen and oxygen atoms in total. The van der Waals surface area contributed by atoms with Gasteiger partial charge in [-0.1, -0.05) is 13.3 Å². The zero-order chi connectivity index (χ0) is 13.1. The third kappa shape index (κ3) is 5.01. The molecule has 0 bridgehead atoms. The molecular weight excluding hydrogens is 271 g/mol. The highest BCUT2D eigenvalue weighted by atomic mass is 35.5. The van der Waals surface area contributed by atoms with Gasteiger partial charge in [-0.25, -0.2) is 0 Å². The van der Waals surface area contributed by atoms with Crippen molar-refractivity contribution in [1.82, 2.24) is 0 Å². The van der Waals surface area contributed by atoms with Gasteiger partial charge in [-0.3, -0.25) is 0 Å². The maximum Gasteiger partial charge on any atom is 0.573 e. The number of hydrogen-bond donors (Lipinski definition) is 2. The fraction of sp³-hybridized carbons (Fsp3) is 0.455. The van der Waals surface area contributed by atoms with Crippen LogP contribution >= 0.6 is 12.4 Å². The molecule has 1 rings (SSSR count). The number of phenolic OH excluding ortho intramolecular Hbond substituents is 1. The van der Waals surface area contributed by atoms with Crippen LogP contribution in [0.2, 0.25) is 0 Å². The first kappa shape index (κ1) is 16.9. The van der Waals surface area contributed by atoms with Crippen molar-refractivity contribution in [3.8, 4) is 11.5 Å². The minimum Gasteiger partial charge on any atom is -0.508 e. The van der Waals surface area contributed by atoms with Crippen molar-refractivity contribution >= 4 is 12.4 Å². The van der Waals surface area contributed by atoms with Crippen molar-refractivity contribution in [2.75, 3.05) is 0 Å². The summed E-state index contributed by atoms with van der Waals surface area (Å²) in [6.45, 7) is 1.90. The van der Waals surface area contributed by atoms with Crippen LogP contribution in [0.3, 0.4) is 0 Å². The van der Waals surface area contributed by atoms with Gasteiger partial charge < -0.3 is 15.6 Å². The van der Waals surface area contributed by atoms with Crippen LogP contribution < -0.4 is 10.5 Å². The van der Waals surface area contributed by atoms with Gasteiger partial charge in [0.05, 0.1) is 0 Å². The maximum atomic E-state index is 12.0. The van der Waals surface area contributed by atoms with E-state index in [0.29, 0.717) is 6.42 Å². The molecule has 0 radical (unpaired) electrons. The molecule has 0 unspecified atom stereocenters. The van der Waals surface area contributed by atoms with Crippen LogP contribution in [0, 0.1) is 0 Å². The Balaban J connectivity index is 0.00000289. The van der Waals surface area contributed by atoms with E-state index in [1.54, 1.807) is 0 Å². The number of hydrogen-bond acceptors (Lipinski definition) is 3. The number of rotatable bonds is 4. The Morgan fingerprint density at radius 2 is 2.00 bits per heavy atom. The normalized spacial score (nSPS) is 12.7. The van der Waals surface area contributed by atoms with Gasteiger partial charge in [-0.05, 0) is 24.6 Å². The van der Waals surface area contributed by atoms with Gasteiger partial charge in [0.1, 0.15) is 11.5 Å². The number of nitrogens with two attached hydrogens (primary N) is 1. The van der Waals surface area contributed by atoms with Crippen LogP contribution in [-0.4, -0.2) is 11.5 Å². The number of benzene rings is 1. The van der Waals surface area contributed by atoms with Crippen LogP contribution in [0.1, 0.15) is 31.4 Å².